The standard InChI is InChI=1S/C16H17N3/c1-4-13-11-12-14-9-7-8-10-15(14)16(13)17-18-19(5-2)6-3/h1,7-12H,5-6H2,2-3H3. The van der Waals surface area contributed by atoms with Crippen molar-refractivity contribution in [3.05, 3.63) is 42.0 Å². The smallest absolute Gasteiger partial charge is 0.111 e. The van der Waals surface area contributed by atoms with Gasteiger partial charge in [0, 0.05) is 18.5 Å². The van der Waals surface area contributed by atoms with Crippen LogP contribution in [-0.4, -0.2) is 18.1 Å². The van der Waals surface area contributed by atoms with Crippen molar-refractivity contribution in [1.29, 1.82) is 0 Å². The molecule has 0 unspecified atom stereocenters. The van der Waals surface area contributed by atoms with E-state index in [1.807, 2.05) is 55.3 Å². The van der Waals surface area contributed by atoms with E-state index in [1.165, 1.54) is 0 Å². The first-order valence-corrected chi connectivity index (χ1v) is 6.45. The molecule has 0 amide bonds. The van der Waals surface area contributed by atoms with Gasteiger partial charge in [-0.1, -0.05) is 41.5 Å². The van der Waals surface area contributed by atoms with Crippen LogP contribution in [0.2, 0.25) is 0 Å². The zero-order valence-electron chi connectivity index (χ0n) is 11.3. The van der Waals surface area contributed by atoms with Crippen LogP contribution in [0.5, 0.6) is 0 Å². The van der Waals surface area contributed by atoms with Gasteiger partial charge in [-0.3, -0.25) is 5.01 Å². The van der Waals surface area contributed by atoms with Crippen LogP contribution in [0, 0.1) is 12.3 Å². The first kappa shape index (κ1) is 13.1. The lowest BCUT2D eigenvalue weighted by Gasteiger charge is -2.12. The van der Waals surface area contributed by atoms with E-state index in [0.29, 0.717) is 0 Å². The highest BCUT2D eigenvalue weighted by Crippen LogP contribution is 2.30. The molecule has 0 saturated carbocycles. The van der Waals surface area contributed by atoms with Crippen molar-refractivity contribution in [3.63, 3.8) is 0 Å². The Labute approximate surface area is 113 Å². The number of terminal acetylenes is 1. The van der Waals surface area contributed by atoms with Gasteiger partial charge in [-0.15, -0.1) is 11.5 Å². The van der Waals surface area contributed by atoms with Gasteiger partial charge in [0.25, 0.3) is 0 Å². The fourth-order valence-electron chi connectivity index (χ4n) is 1.94. The molecule has 0 aliphatic heterocycles. The van der Waals surface area contributed by atoms with Crippen LogP contribution in [-0.2, 0) is 0 Å². The van der Waals surface area contributed by atoms with E-state index in [1.54, 1.807) is 0 Å². The van der Waals surface area contributed by atoms with Crippen molar-refractivity contribution in [2.75, 3.05) is 13.1 Å². The molecule has 0 saturated heterocycles. The van der Waals surface area contributed by atoms with Crippen molar-refractivity contribution in [3.8, 4) is 12.3 Å². The van der Waals surface area contributed by atoms with Crippen LogP contribution < -0.4 is 0 Å². The molecule has 0 spiro atoms. The Morgan fingerprint density at radius 2 is 1.84 bits per heavy atom. The van der Waals surface area contributed by atoms with E-state index < -0.39 is 0 Å². The van der Waals surface area contributed by atoms with E-state index in [2.05, 4.69) is 16.3 Å². The van der Waals surface area contributed by atoms with Crippen molar-refractivity contribution < 1.29 is 0 Å². The van der Waals surface area contributed by atoms with Crippen LogP contribution in [0.1, 0.15) is 19.4 Å². The molecule has 2 aromatic carbocycles. The second-order valence-corrected chi connectivity index (χ2v) is 4.16. The minimum absolute atomic E-state index is 0.771. The molecular formula is C16H17N3. The SMILES string of the molecule is C#Cc1ccc2ccccc2c1N=NN(CC)CC. The zero-order valence-corrected chi connectivity index (χ0v) is 11.3. The third-order valence-electron chi connectivity index (χ3n) is 3.06. The molecule has 0 heterocycles. The van der Waals surface area contributed by atoms with Crippen LogP contribution in [0.3, 0.4) is 0 Å². The topological polar surface area (TPSA) is 28.0 Å². The van der Waals surface area contributed by atoms with Gasteiger partial charge in [-0.05, 0) is 25.3 Å². The van der Waals surface area contributed by atoms with Gasteiger partial charge in [0.1, 0.15) is 5.69 Å². The summed E-state index contributed by atoms with van der Waals surface area (Å²) in [6.45, 7) is 5.76. The summed E-state index contributed by atoms with van der Waals surface area (Å²) in [7, 11) is 0. The fraction of sp³-hybridized carbons (Fsp3) is 0.250. The maximum Gasteiger partial charge on any atom is 0.111 e. The molecule has 0 radical (unpaired) electrons. The molecular weight excluding hydrogens is 234 g/mol. The lowest BCUT2D eigenvalue weighted by atomic mass is 10.0. The summed E-state index contributed by atoms with van der Waals surface area (Å²) in [6, 6.07) is 12.0. The maximum absolute atomic E-state index is 5.55. The molecule has 96 valence electrons. The Hall–Kier alpha value is -2.34. The lowest BCUT2D eigenvalue weighted by Crippen LogP contribution is -2.14. The number of rotatable bonds is 4. The molecule has 0 fully saturated rings. The summed E-state index contributed by atoms with van der Waals surface area (Å²) in [6.07, 6.45) is 5.55. The minimum Gasteiger partial charge on any atom is -0.279 e. The number of hydrogen-bond donors (Lipinski definition) is 0. The van der Waals surface area contributed by atoms with E-state index in [9.17, 15) is 0 Å². The molecule has 0 N–H and O–H groups in total. The van der Waals surface area contributed by atoms with Crippen LogP contribution >= 0.6 is 0 Å². The first-order chi connectivity index (χ1) is 9.30. The normalized spacial score (nSPS) is 10.8. The Balaban J connectivity index is 2.54. The highest BCUT2D eigenvalue weighted by Gasteiger charge is 2.05. The summed E-state index contributed by atoms with van der Waals surface area (Å²) < 4.78 is 0. The van der Waals surface area contributed by atoms with Crippen LogP contribution in [0.15, 0.2) is 46.7 Å². The average Bonchev–Trinajstić information content (AvgIpc) is 2.48. The second-order valence-electron chi connectivity index (χ2n) is 4.16. The van der Waals surface area contributed by atoms with Crippen LogP contribution in [0.4, 0.5) is 5.69 Å². The Morgan fingerprint density at radius 3 is 2.53 bits per heavy atom. The number of nitrogens with zero attached hydrogens (tertiary/aromatic N) is 3. The molecule has 3 nitrogen and oxygen atoms in total. The van der Waals surface area contributed by atoms with Gasteiger partial charge in [0.05, 0.1) is 5.56 Å². The summed E-state index contributed by atoms with van der Waals surface area (Å²) in [5.41, 5.74) is 1.54. The predicted octanol–water partition coefficient (Wildman–Crippen LogP) is 4.16. The second kappa shape index (κ2) is 6.01. The molecule has 19 heavy (non-hydrogen) atoms. The van der Waals surface area contributed by atoms with E-state index in [4.69, 9.17) is 6.42 Å². The summed E-state index contributed by atoms with van der Waals surface area (Å²) in [4.78, 5) is 0. The molecule has 0 aliphatic rings. The first-order valence-electron chi connectivity index (χ1n) is 6.45. The molecule has 0 atom stereocenters. The highest BCUT2D eigenvalue weighted by atomic mass is 15.5. The summed E-state index contributed by atoms with van der Waals surface area (Å²) >= 11 is 0. The van der Waals surface area contributed by atoms with Crippen LogP contribution in [0.25, 0.3) is 10.8 Å². The molecule has 2 rings (SSSR count). The van der Waals surface area contributed by atoms with Crippen molar-refractivity contribution in [2.45, 2.75) is 13.8 Å². The monoisotopic (exact) mass is 251 g/mol. The predicted molar refractivity (Wildman–Crippen MR) is 79.3 cm³/mol. The van der Waals surface area contributed by atoms with E-state index >= 15 is 0 Å². The molecule has 0 aromatic heterocycles. The number of benzene rings is 2. The number of hydrogen-bond acceptors (Lipinski definition) is 2. The Kier molecular flexibility index (Phi) is 4.15. The van der Waals surface area contributed by atoms with Gasteiger partial charge in [0.15, 0.2) is 0 Å². The largest absolute Gasteiger partial charge is 0.279 e. The van der Waals surface area contributed by atoms with E-state index in [0.717, 1.165) is 35.1 Å². The third-order valence-corrected chi connectivity index (χ3v) is 3.06. The number of fused-ring (bicyclic) bond motifs is 1. The highest BCUT2D eigenvalue weighted by molar-refractivity contribution is 5.95. The van der Waals surface area contributed by atoms with Gasteiger partial charge in [-0.25, -0.2) is 0 Å². The quantitative estimate of drug-likeness (QED) is 0.455. The van der Waals surface area contributed by atoms with Crippen molar-refractivity contribution >= 4 is 16.5 Å². The Bertz CT molecular complexity index is 634. The fourth-order valence-corrected chi connectivity index (χ4v) is 1.94. The Morgan fingerprint density at radius 1 is 1.11 bits per heavy atom. The van der Waals surface area contributed by atoms with Crippen molar-refractivity contribution in [2.24, 2.45) is 10.3 Å². The van der Waals surface area contributed by atoms with Gasteiger partial charge in [-0.2, -0.15) is 0 Å². The van der Waals surface area contributed by atoms with Gasteiger partial charge >= 0.3 is 0 Å². The van der Waals surface area contributed by atoms with Crippen molar-refractivity contribution in [1.82, 2.24) is 5.01 Å². The molecule has 0 aliphatic carbocycles. The average molecular weight is 251 g/mol. The molecule has 2 aromatic rings. The summed E-state index contributed by atoms with van der Waals surface area (Å²) in [5.74, 6) is 2.68. The molecule has 3 heteroatoms. The third kappa shape index (κ3) is 2.74. The molecule has 0 bridgehead atoms. The van der Waals surface area contributed by atoms with Gasteiger partial charge in [0.2, 0.25) is 0 Å². The summed E-state index contributed by atoms with van der Waals surface area (Å²) in [5, 5.41) is 12.7. The zero-order chi connectivity index (χ0) is 13.7. The van der Waals surface area contributed by atoms with E-state index in [-0.39, 0.29) is 0 Å². The van der Waals surface area contributed by atoms with Gasteiger partial charge < -0.3 is 0 Å². The maximum atomic E-state index is 5.55. The lowest BCUT2D eigenvalue weighted by molar-refractivity contribution is 0.301. The minimum atomic E-state index is 0.771.